The van der Waals surface area contributed by atoms with Crippen LogP contribution in [-0.4, -0.2) is 11.6 Å². The molecule has 2 rings (SSSR count). The molecule has 1 aliphatic carbocycles. The predicted molar refractivity (Wildman–Crippen MR) is 65.1 cm³/mol. The van der Waals surface area contributed by atoms with Crippen LogP contribution in [0.25, 0.3) is 0 Å². The third-order valence-electron chi connectivity index (χ3n) is 3.21. The van der Waals surface area contributed by atoms with Crippen molar-refractivity contribution < 1.29 is 0 Å². The number of hydrogen-bond acceptors (Lipinski definition) is 2. The fraction of sp³-hybridized carbons (Fsp3) is 0.500. The van der Waals surface area contributed by atoms with Gasteiger partial charge in [-0.05, 0) is 37.8 Å². The highest BCUT2D eigenvalue weighted by molar-refractivity contribution is 5.35. The van der Waals surface area contributed by atoms with Gasteiger partial charge in [-0.1, -0.05) is 24.3 Å². The summed E-state index contributed by atoms with van der Waals surface area (Å²) < 4.78 is 0. The molecule has 2 nitrogen and oxygen atoms in total. The van der Waals surface area contributed by atoms with Crippen LogP contribution in [0, 0.1) is 11.3 Å². The lowest BCUT2D eigenvalue weighted by atomic mass is 9.78. The summed E-state index contributed by atoms with van der Waals surface area (Å²) in [6.07, 6.45) is 2.75. The van der Waals surface area contributed by atoms with Crippen LogP contribution in [0.15, 0.2) is 24.3 Å². The maximum atomic E-state index is 9.40. The van der Waals surface area contributed by atoms with Crippen molar-refractivity contribution in [1.29, 1.82) is 5.26 Å². The summed E-state index contributed by atoms with van der Waals surface area (Å²) in [7, 11) is 0. The quantitative estimate of drug-likeness (QED) is 0.820. The summed E-state index contributed by atoms with van der Waals surface area (Å²) in [5, 5.41) is 12.8. The average molecular weight is 214 g/mol. The molecule has 1 aromatic rings. The fourth-order valence-corrected chi connectivity index (χ4v) is 2.54. The second-order valence-electron chi connectivity index (χ2n) is 4.94. The summed E-state index contributed by atoms with van der Waals surface area (Å²) in [6.45, 7) is 4.19. The van der Waals surface area contributed by atoms with Gasteiger partial charge in [-0.15, -0.1) is 0 Å². The highest BCUT2D eigenvalue weighted by Gasteiger charge is 2.34. The van der Waals surface area contributed by atoms with E-state index in [1.165, 1.54) is 11.1 Å². The molecule has 16 heavy (non-hydrogen) atoms. The lowest BCUT2D eigenvalue weighted by Gasteiger charge is -2.34. The Kier molecular flexibility index (Phi) is 2.98. The standard InChI is InChI=1S/C14H18N2/c1-11(2)16-14(10-15)8-7-12-5-3-4-6-13(12)9-14/h3-6,11,16H,7-9H2,1-2H3. The van der Waals surface area contributed by atoms with Crippen molar-refractivity contribution in [3.8, 4) is 6.07 Å². The first-order chi connectivity index (χ1) is 7.65. The summed E-state index contributed by atoms with van der Waals surface area (Å²) in [6, 6.07) is 11.3. The Morgan fingerprint density at radius 3 is 2.62 bits per heavy atom. The lowest BCUT2D eigenvalue weighted by Crippen LogP contribution is -2.51. The molecule has 0 bridgehead atoms. The third-order valence-corrected chi connectivity index (χ3v) is 3.21. The number of nitrogens with zero attached hydrogens (tertiary/aromatic N) is 1. The molecule has 1 aromatic carbocycles. The van der Waals surface area contributed by atoms with Crippen LogP contribution in [0.5, 0.6) is 0 Å². The Morgan fingerprint density at radius 2 is 2.00 bits per heavy atom. The van der Waals surface area contributed by atoms with E-state index < -0.39 is 0 Å². The van der Waals surface area contributed by atoms with Gasteiger partial charge < -0.3 is 0 Å². The molecule has 2 heteroatoms. The Balaban J connectivity index is 2.26. The maximum Gasteiger partial charge on any atom is 0.111 e. The molecule has 1 unspecified atom stereocenters. The van der Waals surface area contributed by atoms with Gasteiger partial charge in [0.25, 0.3) is 0 Å². The van der Waals surface area contributed by atoms with Crippen LogP contribution < -0.4 is 5.32 Å². The molecule has 0 radical (unpaired) electrons. The largest absolute Gasteiger partial charge is 0.297 e. The molecule has 0 saturated heterocycles. The van der Waals surface area contributed by atoms with Crippen LogP contribution >= 0.6 is 0 Å². The van der Waals surface area contributed by atoms with E-state index in [0.29, 0.717) is 6.04 Å². The molecule has 0 heterocycles. The van der Waals surface area contributed by atoms with Gasteiger partial charge in [-0.25, -0.2) is 0 Å². The Labute approximate surface area is 97.3 Å². The van der Waals surface area contributed by atoms with Gasteiger partial charge >= 0.3 is 0 Å². The Hall–Kier alpha value is -1.33. The number of fused-ring (bicyclic) bond motifs is 1. The van der Waals surface area contributed by atoms with Crippen LogP contribution in [0.2, 0.25) is 0 Å². The van der Waals surface area contributed by atoms with Crippen molar-refractivity contribution in [2.75, 3.05) is 0 Å². The van der Waals surface area contributed by atoms with Gasteiger partial charge in [-0.3, -0.25) is 5.32 Å². The second-order valence-corrected chi connectivity index (χ2v) is 4.94. The fourth-order valence-electron chi connectivity index (χ4n) is 2.54. The van der Waals surface area contributed by atoms with E-state index >= 15 is 0 Å². The molecule has 1 atom stereocenters. The Bertz CT molecular complexity index is 417. The molecule has 0 aromatic heterocycles. The first kappa shape index (κ1) is 11.2. The van der Waals surface area contributed by atoms with Crippen molar-refractivity contribution in [1.82, 2.24) is 5.32 Å². The summed E-state index contributed by atoms with van der Waals surface area (Å²) in [4.78, 5) is 0. The minimum Gasteiger partial charge on any atom is -0.297 e. The van der Waals surface area contributed by atoms with Crippen LogP contribution in [0.1, 0.15) is 31.4 Å². The van der Waals surface area contributed by atoms with Crippen LogP contribution in [0.3, 0.4) is 0 Å². The number of benzene rings is 1. The third kappa shape index (κ3) is 2.10. The predicted octanol–water partition coefficient (Wildman–Crippen LogP) is 2.44. The van der Waals surface area contributed by atoms with Gasteiger partial charge in [0.2, 0.25) is 0 Å². The van der Waals surface area contributed by atoms with Crippen molar-refractivity contribution in [3.05, 3.63) is 35.4 Å². The van der Waals surface area contributed by atoms with E-state index in [9.17, 15) is 5.26 Å². The average Bonchev–Trinajstić information content (AvgIpc) is 2.28. The lowest BCUT2D eigenvalue weighted by molar-refractivity contribution is 0.338. The van der Waals surface area contributed by atoms with Crippen molar-refractivity contribution in [2.24, 2.45) is 0 Å². The number of nitriles is 1. The van der Waals surface area contributed by atoms with E-state index in [1.807, 2.05) is 0 Å². The first-order valence-electron chi connectivity index (χ1n) is 5.91. The Morgan fingerprint density at radius 1 is 1.31 bits per heavy atom. The normalized spacial score (nSPS) is 23.9. The van der Waals surface area contributed by atoms with Crippen LogP contribution in [0.4, 0.5) is 0 Å². The van der Waals surface area contributed by atoms with Crippen LogP contribution in [-0.2, 0) is 12.8 Å². The summed E-state index contributed by atoms with van der Waals surface area (Å²) in [5.41, 5.74) is 2.37. The van der Waals surface area contributed by atoms with E-state index in [-0.39, 0.29) is 5.54 Å². The molecule has 0 amide bonds. The highest BCUT2D eigenvalue weighted by Crippen LogP contribution is 2.28. The number of nitrogens with one attached hydrogen (secondary N) is 1. The smallest absolute Gasteiger partial charge is 0.111 e. The summed E-state index contributed by atoms with van der Waals surface area (Å²) in [5.74, 6) is 0. The van der Waals surface area contributed by atoms with Gasteiger partial charge in [0, 0.05) is 12.5 Å². The van der Waals surface area contributed by atoms with Gasteiger partial charge in [-0.2, -0.15) is 5.26 Å². The summed E-state index contributed by atoms with van der Waals surface area (Å²) >= 11 is 0. The molecule has 84 valence electrons. The number of hydrogen-bond donors (Lipinski definition) is 1. The molecule has 1 N–H and O–H groups in total. The topological polar surface area (TPSA) is 35.8 Å². The molecular formula is C14H18N2. The first-order valence-corrected chi connectivity index (χ1v) is 5.91. The minimum absolute atomic E-state index is 0.352. The maximum absolute atomic E-state index is 9.40. The van der Waals surface area contributed by atoms with E-state index in [1.54, 1.807) is 0 Å². The minimum atomic E-state index is -0.359. The molecule has 1 aliphatic rings. The molecule has 0 fully saturated rings. The zero-order valence-corrected chi connectivity index (χ0v) is 9.96. The van der Waals surface area contributed by atoms with Crippen molar-refractivity contribution >= 4 is 0 Å². The van der Waals surface area contributed by atoms with Crippen molar-refractivity contribution in [2.45, 2.75) is 44.7 Å². The molecule has 0 saturated carbocycles. The van der Waals surface area contributed by atoms with Gasteiger partial charge in [0.1, 0.15) is 5.54 Å². The second kappa shape index (κ2) is 4.27. The SMILES string of the molecule is CC(C)NC1(C#N)CCc2ccccc2C1. The number of aryl methyl sites for hydroxylation is 1. The van der Waals surface area contributed by atoms with Gasteiger partial charge in [0.15, 0.2) is 0 Å². The van der Waals surface area contributed by atoms with E-state index in [2.05, 4.69) is 49.5 Å². The zero-order valence-electron chi connectivity index (χ0n) is 9.96. The zero-order chi connectivity index (χ0) is 11.6. The highest BCUT2D eigenvalue weighted by atomic mass is 15.0. The molecular weight excluding hydrogens is 196 g/mol. The monoisotopic (exact) mass is 214 g/mol. The van der Waals surface area contributed by atoms with Gasteiger partial charge in [0.05, 0.1) is 6.07 Å². The number of rotatable bonds is 2. The van der Waals surface area contributed by atoms with Crippen molar-refractivity contribution in [3.63, 3.8) is 0 Å². The molecule has 0 aliphatic heterocycles. The van der Waals surface area contributed by atoms with E-state index in [4.69, 9.17) is 0 Å². The molecule has 0 spiro atoms. The van der Waals surface area contributed by atoms with E-state index in [0.717, 1.165) is 19.3 Å².